The van der Waals surface area contributed by atoms with E-state index in [0.29, 0.717) is 22.3 Å². The molecule has 1 aromatic heterocycles. The van der Waals surface area contributed by atoms with E-state index in [-0.39, 0.29) is 17.9 Å². The lowest BCUT2D eigenvalue weighted by molar-refractivity contribution is 0.0965. The second-order valence-corrected chi connectivity index (χ2v) is 4.69. The summed E-state index contributed by atoms with van der Waals surface area (Å²) in [6.07, 6.45) is 0. The van der Waals surface area contributed by atoms with Crippen molar-refractivity contribution in [1.82, 2.24) is 9.78 Å². The van der Waals surface area contributed by atoms with Gasteiger partial charge in [0.05, 0.1) is 11.6 Å². The van der Waals surface area contributed by atoms with Crippen LogP contribution in [0, 0.1) is 25.2 Å². The maximum absolute atomic E-state index is 12.1. The molecule has 0 atom stereocenters. The Kier molecular flexibility index (Phi) is 3.85. The number of hydrogen-bond donors (Lipinski definition) is 1. The number of nitrogens with one attached hydrogen (secondary N) is 1. The van der Waals surface area contributed by atoms with Crippen LogP contribution in [0.5, 0.6) is 0 Å². The Bertz CT molecular complexity index is 852. The van der Waals surface area contributed by atoms with Crippen LogP contribution in [-0.4, -0.2) is 15.6 Å². The van der Waals surface area contributed by atoms with E-state index in [1.54, 1.807) is 13.8 Å². The molecule has 0 radical (unpaired) electrons. The van der Waals surface area contributed by atoms with Gasteiger partial charge in [0.1, 0.15) is 6.54 Å². The number of nitriles is 1. The van der Waals surface area contributed by atoms with Crippen LogP contribution in [0.25, 0.3) is 0 Å². The predicted molar refractivity (Wildman–Crippen MR) is 76.3 cm³/mol. The number of carbonyl (C=O) groups is 1. The Labute approximate surface area is 120 Å². The topological polar surface area (TPSA) is 95.7 Å². The van der Waals surface area contributed by atoms with Gasteiger partial charge in [-0.05, 0) is 26.0 Å². The first-order chi connectivity index (χ1) is 9.93. The molecule has 0 amide bonds. The van der Waals surface area contributed by atoms with Gasteiger partial charge in [-0.25, -0.2) is 4.68 Å². The zero-order valence-electron chi connectivity index (χ0n) is 11.6. The van der Waals surface area contributed by atoms with Crippen molar-refractivity contribution in [3.8, 4) is 6.07 Å². The minimum absolute atomic E-state index is 0.249. The van der Waals surface area contributed by atoms with Gasteiger partial charge in [-0.3, -0.25) is 19.5 Å². The Morgan fingerprint density at radius 1 is 1.19 bits per heavy atom. The molecular formula is C15H13N3O3. The summed E-state index contributed by atoms with van der Waals surface area (Å²) in [5, 5.41) is 11.1. The molecule has 0 aliphatic rings. The lowest BCUT2D eigenvalue weighted by atomic mass is 10.1. The molecule has 0 unspecified atom stereocenters. The molecule has 6 nitrogen and oxygen atoms in total. The highest BCUT2D eigenvalue weighted by molar-refractivity contribution is 5.95. The fourth-order valence-corrected chi connectivity index (χ4v) is 1.87. The first kappa shape index (κ1) is 14.5. The van der Waals surface area contributed by atoms with Crippen molar-refractivity contribution in [2.75, 3.05) is 0 Å². The van der Waals surface area contributed by atoms with Gasteiger partial charge in [0.15, 0.2) is 5.78 Å². The number of ketones is 1. The fraction of sp³-hybridized carbons (Fsp3) is 0.200. The maximum atomic E-state index is 12.1. The smallest absolute Gasteiger partial charge is 0.268 e. The van der Waals surface area contributed by atoms with Gasteiger partial charge in [0.2, 0.25) is 0 Å². The quantitative estimate of drug-likeness (QED) is 0.847. The molecule has 21 heavy (non-hydrogen) atoms. The van der Waals surface area contributed by atoms with Crippen LogP contribution in [-0.2, 0) is 6.54 Å². The van der Waals surface area contributed by atoms with E-state index in [4.69, 9.17) is 5.26 Å². The average molecular weight is 283 g/mol. The number of aromatic nitrogens is 2. The molecule has 0 saturated heterocycles. The molecule has 6 heteroatoms. The van der Waals surface area contributed by atoms with Crippen LogP contribution in [0.2, 0.25) is 0 Å². The highest BCUT2D eigenvalue weighted by atomic mass is 16.2. The summed E-state index contributed by atoms with van der Waals surface area (Å²) in [6, 6.07) is 8.05. The Balaban J connectivity index is 2.34. The number of nitrogens with zero attached hydrogens (tertiary/aromatic N) is 2. The third-order valence-electron chi connectivity index (χ3n) is 3.34. The van der Waals surface area contributed by atoms with Gasteiger partial charge in [0, 0.05) is 16.7 Å². The first-order valence-corrected chi connectivity index (χ1v) is 6.27. The van der Waals surface area contributed by atoms with Gasteiger partial charge in [-0.1, -0.05) is 12.1 Å². The maximum Gasteiger partial charge on any atom is 0.268 e. The minimum Gasteiger partial charge on any atom is -0.292 e. The van der Waals surface area contributed by atoms with E-state index in [9.17, 15) is 14.4 Å². The largest absolute Gasteiger partial charge is 0.292 e. The number of hydrogen-bond acceptors (Lipinski definition) is 4. The van der Waals surface area contributed by atoms with Gasteiger partial charge < -0.3 is 0 Å². The molecule has 1 aromatic carbocycles. The SMILES string of the molecule is Cc1c(C)c(=O)n(CC(=O)c2ccc(C#N)cc2)[nH]c1=O. The van der Waals surface area contributed by atoms with Crippen molar-refractivity contribution in [2.45, 2.75) is 20.4 Å². The van der Waals surface area contributed by atoms with E-state index in [2.05, 4.69) is 5.10 Å². The van der Waals surface area contributed by atoms with E-state index in [0.717, 1.165) is 4.68 Å². The summed E-state index contributed by atoms with van der Waals surface area (Å²) in [4.78, 5) is 35.8. The number of H-pyrrole nitrogens is 1. The molecule has 0 bridgehead atoms. The summed E-state index contributed by atoms with van der Waals surface area (Å²) in [7, 11) is 0. The van der Waals surface area contributed by atoms with E-state index in [1.807, 2.05) is 6.07 Å². The van der Waals surface area contributed by atoms with E-state index in [1.165, 1.54) is 24.3 Å². The second kappa shape index (κ2) is 5.59. The van der Waals surface area contributed by atoms with Crippen LogP contribution < -0.4 is 11.1 Å². The van der Waals surface area contributed by atoms with Crippen LogP contribution in [0.15, 0.2) is 33.9 Å². The number of carbonyl (C=O) groups excluding carboxylic acids is 1. The highest BCUT2D eigenvalue weighted by Gasteiger charge is 2.12. The molecule has 0 aliphatic carbocycles. The molecule has 1 heterocycles. The second-order valence-electron chi connectivity index (χ2n) is 4.69. The van der Waals surface area contributed by atoms with Gasteiger partial charge in [-0.2, -0.15) is 5.26 Å². The monoisotopic (exact) mass is 283 g/mol. The molecule has 2 aromatic rings. The first-order valence-electron chi connectivity index (χ1n) is 6.27. The molecule has 106 valence electrons. The average Bonchev–Trinajstić information content (AvgIpc) is 2.50. The zero-order chi connectivity index (χ0) is 15.6. The number of rotatable bonds is 3. The van der Waals surface area contributed by atoms with Crippen LogP contribution in [0.3, 0.4) is 0 Å². The van der Waals surface area contributed by atoms with Crippen molar-refractivity contribution in [2.24, 2.45) is 0 Å². The molecular weight excluding hydrogens is 270 g/mol. The number of benzene rings is 1. The molecule has 0 saturated carbocycles. The normalized spacial score (nSPS) is 10.1. The van der Waals surface area contributed by atoms with Gasteiger partial charge >= 0.3 is 0 Å². The number of Topliss-reactive ketones (excluding diaryl/α,β-unsaturated/α-hetero) is 1. The predicted octanol–water partition coefficient (Wildman–Crippen LogP) is 0.908. The molecule has 1 N–H and O–H groups in total. The lowest BCUT2D eigenvalue weighted by Gasteiger charge is -2.07. The van der Waals surface area contributed by atoms with Crippen molar-refractivity contribution in [1.29, 1.82) is 5.26 Å². The Hall–Kier alpha value is -2.94. The van der Waals surface area contributed by atoms with Crippen LogP contribution >= 0.6 is 0 Å². The fourth-order valence-electron chi connectivity index (χ4n) is 1.87. The van der Waals surface area contributed by atoms with Crippen LogP contribution in [0.1, 0.15) is 27.0 Å². The standard InChI is InChI=1S/C15H13N3O3/c1-9-10(2)15(21)18(17-14(9)20)8-13(19)12-5-3-11(7-16)4-6-12/h3-6H,8H2,1-2H3,(H,17,20). The molecule has 2 rings (SSSR count). The van der Waals surface area contributed by atoms with E-state index >= 15 is 0 Å². The molecule has 0 aliphatic heterocycles. The number of aromatic amines is 1. The van der Waals surface area contributed by atoms with Gasteiger partial charge in [-0.15, -0.1) is 0 Å². The summed E-state index contributed by atoms with van der Waals surface area (Å²) >= 11 is 0. The summed E-state index contributed by atoms with van der Waals surface area (Å²) in [6.45, 7) is 2.86. The lowest BCUT2D eigenvalue weighted by Crippen LogP contribution is -2.35. The zero-order valence-corrected chi connectivity index (χ0v) is 11.6. The van der Waals surface area contributed by atoms with Crippen molar-refractivity contribution >= 4 is 5.78 Å². The van der Waals surface area contributed by atoms with E-state index < -0.39 is 5.56 Å². The van der Waals surface area contributed by atoms with Crippen molar-refractivity contribution < 1.29 is 4.79 Å². The van der Waals surface area contributed by atoms with Crippen LogP contribution in [0.4, 0.5) is 0 Å². The van der Waals surface area contributed by atoms with Crippen molar-refractivity contribution in [3.05, 3.63) is 67.2 Å². The summed E-state index contributed by atoms with van der Waals surface area (Å²) in [5.41, 5.74) is 0.713. The minimum atomic E-state index is -0.394. The van der Waals surface area contributed by atoms with Gasteiger partial charge in [0.25, 0.3) is 11.1 Å². The molecule has 0 fully saturated rings. The third kappa shape index (κ3) is 2.82. The summed E-state index contributed by atoms with van der Waals surface area (Å²) in [5.74, 6) is -0.319. The molecule has 0 spiro atoms. The highest BCUT2D eigenvalue weighted by Crippen LogP contribution is 2.05. The summed E-state index contributed by atoms with van der Waals surface area (Å²) < 4.78 is 1.01. The Morgan fingerprint density at radius 2 is 1.81 bits per heavy atom. The Morgan fingerprint density at radius 3 is 2.38 bits per heavy atom. The van der Waals surface area contributed by atoms with Crippen molar-refractivity contribution in [3.63, 3.8) is 0 Å². The third-order valence-corrected chi connectivity index (χ3v) is 3.34.